The van der Waals surface area contributed by atoms with E-state index in [0.29, 0.717) is 18.6 Å². The van der Waals surface area contributed by atoms with Crippen molar-refractivity contribution >= 4 is 49.3 Å². The first kappa shape index (κ1) is 11.1. The maximum absolute atomic E-state index is 11.2. The Balaban J connectivity index is 1.97. The molecule has 0 unspecified atom stereocenters. The van der Waals surface area contributed by atoms with Gasteiger partial charge in [0.2, 0.25) is 0 Å². The highest BCUT2D eigenvalue weighted by molar-refractivity contribution is 9.10. The van der Waals surface area contributed by atoms with Crippen LogP contribution in [-0.2, 0) is 4.79 Å². The molecular weight excluding hydrogens is 302 g/mol. The second-order valence-electron chi connectivity index (χ2n) is 4.03. The summed E-state index contributed by atoms with van der Waals surface area (Å²) >= 11 is 4.85. The van der Waals surface area contributed by atoms with Gasteiger partial charge >= 0.3 is 0 Å². The van der Waals surface area contributed by atoms with Gasteiger partial charge in [-0.2, -0.15) is 4.37 Å². The van der Waals surface area contributed by atoms with E-state index in [-0.39, 0.29) is 0 Å². The van der Waals surface area contributed by atoms with Gasteiger partial charge < -0.3 is 4.90 Å². The summed E-state index contributed by atoms with van der Waals surface area (Å²) in [6, 6.07) is 1.97. The minimum atomic E-state index is 0.353. The number of pyridine rings is 1. The number of aromatic nitrogens is 2. The van der Waals surface area contributed by atoms with Crippen molar-refractivity contribution in [2.45, 2.75) is 12.8 Å². The molecule has 88 valence electrons. The molecule has 0 radical (unpaired) electrons. The number of halogens is 1. The van der Waals surface area contributed by atoms with E-state index in [4.69, 9.17) is 0 Å². The molecule has 17 heavy (non-hydrogen) atoms. The number of fused-ring (bicyclic) bond motifs is 1. The van der Waals surface area contributed by atoms with Crippen LogP contribution in [0.15, 0.2) is 16.7 Å². The Kier molecular flexibility index (Phi) is 2.84. The highest BCUT2D eigenvalue weighted by atomic mass is 79.9. The fraction of sp³-hybridized carbons (Fsp3) is 0.364. The van der Waals surface area contributed by atoms with Gasteiger partial charge in [0.25, 0.3) is 0 Å². The first-order valence-corrected chi connectivity index (χ1v) is 6.98. The maximum Gasteiger partial charge on any atom is 0.138 e. The number of Topliss-reactive ketones (excluding diaryl/α,β-unsaturated/α-hetero) is 1. The number of nitrogens with zero attached hydrogens (tertiary/aromatic N) is 3. The predicted molar refractivity (Wildman–Crippen MR) is 71.6 cm³/mol. The molecule has 0 bridgehead atoms. The lowest BCUT2D eigenvalue weighted by atomic mass is 10.1. The van der Waals surface area contributed by atoms with E-state index >= 15 is 0 Å². The number of anilines is 1. The first-order chi connectivity index (χ1) is 8.24. The van der Waals surface area contributed by atoms with Gasteiger partial charge in [-0.3, -0.25) is 9.78 Å². The standard InChI is InChI=1S/C11H10BrN3OS/c12-7-5-9-10(13-6-7)11(17-14-9)15-3-1-8(16)2-4-15/h5-6H,1-4H2. The molecule has 4 nitrogen and oxygen atoms in total. The second kappa shape index (κ2) is 4.34. The van der Waals surface area contributed by atoms with Crippen LogP contribution < -0.4 is 4.90 Å². The molecule has 1 aliphatic rings. The molecule has 0 amide bonds. The van der Waals surface area contributed by atoms with Crippen molar-refractivity contribution in [2.75, 3.05) is 18.0 Å². The number of carbonyl (C=O) groups is 1. The van der Waals surface area contributed by atoms with E-state index in [9.17, 15) is 4.79 Å². The van der Waals surface area contributed by atoms with Crippen molar-refractivity contribution in [3.8, 4) is 0 Å². The van der Waals surface area contributed by atoms with Crippen LogP contribution in [0.25, 0.3) is 11.0 Å². The van der Waals surface area contributed by atoms with Crippen LogP contribution in [0, 0.1) is 0 Å². The molecule has 6 heteroatoms. The highest BCUT2D eigenvalue weighted by Crippen LogP contribution is 2.32. The Bertz CT molecular complexity index is 573. The molecule has 1 aliphatic heterocycles. The average Bonchev–Trinajstić information content (AvgIpc) is 2.73. The molecule has 0 aliphatic carbocycles. The van der Waals surface area contributed by atoms with Gasteiger partial charge in [0.05, 0.1) is 0 Å². The monoisotopic (exact) mass is 311 g/mol. The van der Waals surface area contributed by atoms with Crippen LogP contribution in [0.1, 0.15) is 12.8 Å². The van der Waals surface area contributed by atoms with E-state index < -0.39 is 0 Å². The van der Waals surface area contributed by atoms with Gasteiger partial charge in [-0.15, -0.1) is 0 Å². The Morgan fingerprint density at radius 1 is 1.35 bits per heavy atom. The zero-order chi connectivity index (χ0) is 11.8. The number of hydrogen-bond donors (Lipinski definition) is 0. The maximum atomic E-state index is 11.2. The lowest BCUT2D eigenvalue weighted by Crippen LogP contribution is -2.33. The Morgan fingerprint density at radius 3 is 2.88 bits per heavy atom. The number of hydrogen-bond acceptors (Lipinski definition) is 5. The largest absolute Gasteiger partial charge is 0.360 e. The van der Waals surface area contributed by atoms with Gasteiger partial charge in [-0.25, -0.2) is 0 Å². The zero-order valence-electron chi connectivity index (χ0n) is 9.02. The summed E-state index contributed by atoms with van der Waals surface area (Å²) in [6.45, 7) is 1.57. The third-order valence-electron chi connectivity index (χ3n) is 2.88. The molecule has 3 rings (SSSR count). The lowest BCUT2D eigenvalue weighted by Gasteiger charge is -2.26. The lowest BCUT2D eigenvalue weighted by molar-refractivity contribution is -0.119. The van der Waals surface area contributed by atoms with E-state index in [1.807, 2.05) is 6.07 Å². The van der Waals surface area contributed by atoms with Gasteiger partial charge in [0.15, 0.2) is 0 Å². The van der Waals surface area contributed by atoms with E-state index in [1.165, 1.54) is 11.5 Å². The molecule has 0 saturated carbocycles. The molecule has 0 N–H and O–H groups in total. The van der Waals surface area contributed by atoms with Gasteiger partial charge in [-0.1, -0.05) is 0 Å². The molecule has 2 aromatic rings. The molecular formula is C11H10BrN3OS. The van der Waals surface area contributed by atoms with E-state index in [2.05, 4.69) is 30.2 Å². The molecule has 0 spiro atoms. The molecule has 2 aromatic heterocycles. The van der Waals surface area contributed by atoms with Crippen LogP contribution >= 0.6 is 27.5 Å². The van der Waals surface area contributed by atoms with Crippen molar-refractivity contribution in [1.82, 2.24) is 9.36 Å². The summed E-state index contributed by atoms with van der Waals surface area (Å²) in [5, 5.41) is 1.08. The Morgan fingerprint density at radius 2 is 2.12 bits per heavy atom. The number of rotatable bonds is 1. The molecule has 1 fully saturated rings. The summed E-state index contributed by atoms with van der Waals surface area (Å²) in [6.07, 6.45) is 3.06. The third kappa shape index (κ3) is 2.07. The summed E-state index contributed by atoms with van der Waals surface area (Å²) in [5.74, 6) is 0.353. The van der Waals surface area contributed by atoms with Crippen LogP contribution in [0.4, 0.5) is 5.00 Å². The van der Waals surface area contributed by atoms with Gasteiger partial charge in [-0.05, 0) is 33.5 Å². The van der Waals surface area contributed by atoms with Gasteiger partial charge in [0.1, 0.15) is 21.8 Å². The molecule has 1 saturated heterocycles. The van der Waals surface area contributed by atoms with Crippen molar-refractivity contribution in [3.05, 3.63) is 16.7 Å². The smallest absolute Gasteiger partial charge is 0.138 e. The van der Waals surface area contributed by atoms with Crippen LogP contribution in [0.5, 0.6) is 0 Å². The first-order valence-electron chi connectivity index (χ1n) is 5.41. The fourth-order valence-electron chi connectivity index (χ4n) is 1.97. The molecule has 0 aromatic carbocycles. The third-order valence-corrected chi connectivity index (χ3v) is 4.22. The minimum Gasteiger partial charge on any atom is -0.360 e. The fourth-order valence-corrected chi connectivity index (χ4v) is 3.15. The second-order valence-corrected chi connectivity index (χ2v) is 5.70. The van der Waals surface area contributed by atoms with Crippen LogP contribution in [-0.4, -0.2) is 28.2 Å². The Hall–Kier alpha value is -1.01. The van der Waals surface area contributed by atoms with E-state index in [1.54, 1.807) is 6.20 Å². The topological polar surface area (TPSA) is 46.1 Å². The summed E-state index contributed by atoms with van der Waals surface area (Å²) in [7, 11) is 0. The van der Waals surface area contributed by atoms with Crippen LogP contribution in [0.3, 0.4) is 0 Å². The summed E-state index contributed by atoms with van der Waals surface area (Å²) in [5.41, 5.74) is 1.85. The zero-order valence-corrected chi connectivity index (χ0v) is 11.4. The van der Waals surface area contributed by atoms with Crippen molar-refractivity contribution in [2.24, 2.45) is 0 Å². The van der Waals surface area contributed by atoms with E-state index in [0.717, 1.165) is 33.6 Å². The van der Waals surface area contributed by atoms with Crippen molar-refractivity contribution in [1.29, 1.82) is 0 Å². The van der Waals surface area contributed by atoms with Gasteiger partial charge in [0, 0.05) is 36.6 Å². The average molecular weight is 312 g/mol. The SMILES string of the molecule is O=C1CCN(c2snc3cc(Br)cnc23)CC1. The van der Waals surface area contributed by atoms with Crippen LogP contribution in [0.2, 0.25) is 0 Å². The number of carbonyl (C=O) groups excluding carboxylic acids is 1. The number of piperidine rings is 1. The summed E-state index contributed by atoms with van der Waals surface area (Å²) in [4.78, 5) is 17.8. The number of ketones is 1. The highest BCUT2D eigenvalue weighted by Gasteiger charge is 2.20. The van der Waals surface area contributed by atoms with Crippen molar-refractivity contribution in [3.63, 3.8) is 0 Å². The minimum absolute atomic E-state index is 0.353. The summed E-state index contributed by atoms with van der Waals surface area (Å²) < 4.78 is 5.34. The molecule has 3 heterocycles. The predicted octanol–water partition coefficient (Wildman–Crippen LogP) is 2.62. The molecule has 0 atom stereocenters. The quantitative estimate of drug-likeness (QED) is 0.812. The van der Waals surface area contributed by atoms with Crippen molar-refractivity contribution < 1.29 is 4.79 Å². The normalized spacial score (nSPS) is 16.8. The Labute approximate surface area is 111 Å².